The van der Waals surface area contributed by atoms with Gasteiger partial charge in [0, 0.05) is 0 Å². The average molecular weight is 265 g/mol. The second-order valence-electron chi connectivity index (χ2n) is 6.76. The van der Waals surface area contributed by atoms with Crippen molar-refractivity contribution in [1.29, 1.82) is 0 Å². The van der Waals surface area contributed by atoms with Crippen molar-refractivity contribution in [2.45, 2.75) is 76.9 Å². The summed E-state index contributed by atoms with van der Waals surface area (Å²) in [6.45, 7) is 6.73. The highest BCUT2D eigenvalue weighted by Crippen LogP contribution is 2.43. The molecule has 0 radical (unpaired) electrons. The predicted molar refractivity (Wildman–Crippen MR) is 81.4 cm³/mol. The van der Waals surface area contributed by atoms with Crippen molar-refractivity contribution in [3.05, 3.63) is 12.2 Å². The van der Waals surface area contributed by atoms with Gasteiger partial charge in [0.25, 0.3) is 0 Å². The lowest BCUT2D eigenvalue weighted by Crippen LogP contribution is -2.24. The van der Waals surface area contributed by atoms with Crippen molar-refractivity contribution in [3.8, 4) is 0 Å². The summed E-state index contributed by atoms with van der Waals surface area (Å²) in [5.41, 5.74) is 0.303. The third-order valence-corrected chi connectivity index (χ3v) is 4.46. The summed E-state index contributed by atoms with van der Waals surface area (Å²) in [5, 5.41) is 3.47. The number of hydrogen-bond acceptors (Lipinski definition) is 2. The number of ether oxygens (including phenoxy) is 1. The molecule has 2 rings (SSSR count). The van der Waals surface area contributed by atoms with E-state index in [0.29, 0.717) is 11.7 Å². The molecule has 1 saturated heterocycles. The molecule has 1 aliphatic carbocycles. The second-order valence-corrected chi connectivity index (χ2v) is 6.76. The van der Waals surface area contributed by atoms with E-state index in [2.05, 4.69) is 31.3 Å². The van der Waals surface area contributed by atoms with Crippen LogP contribution in [0.1, 0.15) is 65.2 Å². The van der Waals surface area contributed by atoms with Gasteiger partial charge in [-0.1, -0.05) is 38.8 Å². The third-order valence-electron chi connectivity index (χ3n) is 4.46. The maximum atomic E-state index is 6.30. The maximum Gasteiger partial charge on any atom is 0.0687 e. The van der Waals surface area contributed by atoms with Crippen molar-refractivity contribution in [2.75, 3.05) is 13.1 Å². The topological polar surface area (TPSA) is 21.3 Å². The van der Waals surface area contributed by atoms with Crippen LogP contribution in [-0.4, -0.2) is 24.8 Å². The van der Waals surface area contributed by atoms with E-state index >= 15 is 0 Å². The molecule has 1 heterocycles. The molecule has 19 heavy (non-hydrogen) atoms. The molecule has 1 aliphatic heterocycles. The fraction of sp³-hybridized carbons (Fsp3) is 0.882. The van der Waals surface area contributed by atoms with Crippen LogP contribution in [-0.2, 0) is 4.74 Å². The molecule has 1 saturated carbocycles. The van der Waals surface area contributed by atoms with Crippen molar-refractivity contribution < 1.29 is 4.74 Å². The lowest BCUT2D eigenvalue weighted by Gasteiger charge is -2.23. The average Bonchev–Trinajstić information content (AvgIpc) is 2.99. The summed E-state index contributed by atoms with van der Waals surface area (Å²) >= 11 is 0. The molecule has 2 nitrogen and oxygen atoms in total. The minimum absolute atomic E-state index is 0.303. The monoisotopic (exact) mass is 265 g/mol. The van der Waals surface area contributed by atoms with E-state index in [9.17, 15) is 0 Å². The van der Waals surface area contributed by atoms with Crippen molar-refractivity contribution in [3.63, 3.8) is 0 Å². The summed E-state index contributed by atoms with van der Waals surface area (Å²) in [6, 6.07) is 0. The summed E-state index contributed by atoms with van der Waals surface area (Å²) in [4.78, 5) is 0. The Balaban J connectivity index is 1.54. The normalized spacial score (nSPS) is 26.2. The molecule has 2 heteroatoms. The van der Waals surface area contributed by atoms with Gasteiger partial charge in [-0.2, -0.15) is 0 Å². The Hall–Kier alpha value is -0.340. The van der Waals surface area contributed by atoms with Crippen LogP contribution in [0.15, 0.2) is 12.2 Å². The molecule has 0 amide bonds. The van der Waals surface area contributed by atoms with Crippen LogP contribution in [0.3, 0.4) is 0 Å². The first-order valence-electron chi connectivity index (χ1n) is 8.24. The lowest BCUT2D eigenvalue weighted by atomic mass is 9.98. The highest BCUT2D eigenvalue weighted by molar-refractivity contribution is 4.95. The molecule has 110 valence electrons. The molecule has 0 aromatic heterocycles. The van der Waals surface area contributed by atoms with Gasteiger partial charge in [0.2, 0.25) is 0 Å². The van der Waals surface area contributed by atoms with Crippen LogP contribution in [0.25, 0.3) is 0 Å². The molecule has 1 spiro atoms. The fourth-order valence-corrected chi connectivity index (χ4v) is 3.39. The minimum Gasteiger partial charge on any atom is -0.371 e. The molecule has 2 fully saturated rings. The smallest absolute Gasteiger partial charge is 0.0687 e. The molecule has 1 unspecified atom stereocenters. The van der Waals surface area contributed by atoms with Crippen molar-refractivity contribution in [2.24, 2.45) is 5.92 Å². The van der Waals surface area contributed by atoms with Crippen LogP contribution >= 0.6 is 0 Å². The number of nitrogens with one attached hydrogen (secondary N) is 1. The molecular weight excluding hydrogens is 234 g/mol. The predicted octanol–water partition coefficient (Wildman–Crippen LogP) is 4.06. The van der Waals surface area contributed by atoms with Crippen LogP contribution in [0.2, 0.25) is 0 Å². The zero-order valence-corrected chi connectivity index (χ0v) is 12.8. The quantitative estimate of drug-likeness (QED) is 0.553. The van der Waals surface area contributed by atoms with Gasteiger partial charge in [0.05, 0.1) is 11.7 Å². The van der Waals surface area contributed by atoms with E-state index in [1.54, 1.807) is 0 Å². The zero-order valence-electron chi connectivity index (χ0n) is 12.8. The van der Waals surface area contributed by atoms with E-state index < -0.39 is 0 Å². The molecule has 0 aromatic rings. The summed E-state index contributed by atoms with van der Waals surface area (Å²) < 4.78 is 6.30. The Bertz CT molecular complexity index is 279. The Kier molecular flexibility index (Phi) is 5.90. The van der Waals surface area contributed by atoms with Gasteiger partial charge in [-0.05, 0) is 57.5 Å². The molecular formula is C17H31NO. The maximum absolute atomic E-state index is 6.30. The van der Waals surface area contributed by atoms with Gasteiger partial charge in [0.15, 0.2) is 0 Å². The van der Waals surface area contributed by atoms with Crippen LogP contribution < -0.4 is 5.32 Å². The summed E-state index contributed by atoms with van der Waals surface area (Å²) in [6.07, 6.45) is 15.4. The fourth-order valence-electron chi connectivity index (χ4n) is 3.39. The minimum atomic E-state index is 0.303. The first-order valence-corrected chi connectivity index (χ1v) is 8.24. The largest absolute Gasteiger partial charge is 0.371 e. The van der Waals surface area contributed by atoms with Crippen LogP contribution in [0.4, 0.5) is 0 Å². The summed E-state index contributed by atoms with van der Waals surface area (Å²) in [5.74, 6) is 0.749. The van der Waals surface area contributed by atoms with E-state index in [1.165, 1.54) is 38.5 Å². The van der Waals surface area contributed by atoms with Gasteiger partial charge in [-0.25, -0.2) is 0 Å². The van der Waals surface area contributed by atoms with Gasteiger partial charge < -0.3 is 10.1 Å². The first kappa shape index (κ1) is 15.1. The van der Waals surface area contributed by atoms with E-state index in [0.717, 1.165) is 31.8 Å². The zero-order chi connectivity index (χ0) is 13.6. The van der Waals surface area contributed by atoms with E-state index in [4.69, 9.17) is 4.74 Å². The molecule has 1 N–H and O–H groups in total. The lowest BCUT2D eigenvalue weighted by molar-refractivity contribution is -0.0345. The standard InChI is InChI=1S/C17H31NO/c1-15(2)14-18-13-7-3-4-8-16-9-12-17(19-16)10-5-6-11-17/h3-4,15-16,18H,5-14H2,1-2H3/b4-3+. The highest BCUT2D eigenvalue weighted by atomic mass is 16.5. The van der Waals surface area contributed by atoms with Gasteiger partial charge in [-0.3, -0.25) is 0 Å². The van der Waals surface area contributed by atoms with Gasteiger partial charge in [0.1, 0.15) is 0 Å². The Morgan fingerprint density at radius 2 is 2.00 bits per heavy atom. The second kappa shape index (κ2) is 7.44. The number of hydrogen-bond donors (Lipinski definition) is 1. The van der Waals surface area contributed by atoms with Crippen LogP contribution in [0, 0.1) is 5.92 Å². The molecule has 2 aliphatic rings. The molecule has 0 bridgehead atoms. The van der Waals surface area contributed by atoms with Gasteiger partial charge in [-0.15, -0.1) is 0 Å². The van der Waals surface area contributed by atoms with Crippen molar-refractivity contribution in [1.82, 2.24) is 5.32 Å². The molecule has 0 aromatic carbocycles. The Morgan fingerprint density at radius 3 is 2.74 bits per heavy atom. The van der Waals surface area contributed by atoms with E-state index in [-0.39, 0.29) is 0 Å². The Morgan fingerprint density at radius 1 is 1.21 bits per heavy atom. The first-order chi connectivity index (χ1) is 9.20. The van der Waals surface area contributed by atoms with Crippen molar-refractivity contribution >= 4 is 0 Å². The highest BCUT2D eigenvalue weighted by Gasteiger charge is 2.41. The number of rotatable bonds is 7. The molecule has 1 atom stereocenters. The van der Waals surface area contributed by atoms with E-state index in [1.807, 2.05) is 0 Å². The van der Waals surface area contributed by atoms with Gasteiger partial charge >= 0.3 is 0 Å². The Labute approximate surface area is 119 Å². The SMILES string of the molecule is CC(C)CNCC/C=C/CC1CCC2(CCCC2)O1. The van der Waals surface area contributed by atoms with Crippen LogP contribution in [0.5, 0.6) is 0 Å². The summed E-state index contributed by atoms with van der Waals surface area (Å²) in [7, 11) is 0. The third kappa shape index (κ3) is 4.92.